The zero-order valence-electron chi connectivity index (χ0n) is 15.9. The number of benzene rings is 1. The maximum absolute atomic E-state index is 12.3. The molecule has 1 saturated heterocycles. The standard InChI is InChI=1S/C19H19N5O4S/c1-10-13(9-29-23-10)20-16(26)8-28-14-5-3-4-11-17(22-24(2)18(11)14)12-6-7-15(25)21-19(12)27/h3-5,9,12H,6-8H2,1-2H3,(H,20,26)(H,21,25,27). The van der Waals surface area contributed by atoms with Gasteiger partial charge in [-0.2, -0.15) is 9.47 Å². The molecule has 10 heteroatoms. The van der Waals surface area contributed by atoms with Gasteiger partial charge in [0.15, 0.2) is 6.61 Å². The summed E-state index contributed by atoms with van der Waals surface area (Å²) in [5.74, 6) is -0.905. The van der Waals surface area contributed by atoms with E-state index >= 15 is 0 Å². The fraction of sp³-hybridized carbons (Fsp3) is 0.316. The quantitative estimate of drug-likeness (QED) is 0.617. The zero-order chi connectivity index (χ0) is 20.5. The molecular formula is C19H19N5O4S. The monoisotopic (exact) mass is 413 g/mol. The second-order valence-corrected chi connectivity index (χ2v) is 7.44. The van der Waals surface area contributed by atoms with Crippen molar-refractivity contribution < 1.29 is 19.1 Å². The number of nitrogens with one attached hydrogen (secondary N) is 2. The molecule has 0 radical (unpaired) electrons. The highest BCUT2D eigenvalue weighted by molar-refractivity contribution is 7.04. The van der Waals surface area contributed by atoms with Gasteiger partial charge in [0.2, 0.25) is 11.8 Å². The molecule has 3 amide bonds. The van der Waals surface area contributed by atoms with Crippen molar-refractivity contribution in [1.29, 1.82) is 0 Å². The highest BCUT2D eigenvalue weighted by atomic mass is 32.1. The second-order valence-electron chi connectivity index (χ2n) is 6.82. The molecule has 4 rings (SSSR count). The minimum atomic E-state index is -0.496. The van der Waals surface area contributed by atoms with Gasteiger partial charge >= 0.3 is 0 Å². The Labute approximate surface area is 170 Å². The van der Waals surface area contributed by atoms with Crippen molar-refractivity contribution in [3.63, 3.8) is 0 Å². The first-order valence-electron chi connectivity index (χ1n) is 9.07. The minimum Gasteiger partial charge on any atom is -0.481 e. The third-order valence-electron chi connectivity index (χ3n) is 4.81. The lowest BCUT2D eigenvalue weighted by Gasteiger charge is -2.19. The van der Waals surface area contributed by atoms with Crippen LogP contribution in [0, 0.1) is 6.92 Å². The van der Waals surface area contributed by atoms with Crippen molar-refractivity contribution in [3.05, 3.63) is 35.0 Å². The van der Waals surface area contributed by atoms with Gasteiger partial charge in [-0.1, -0.05) is 12.1 Å². The van der Waals surface area contributed by atoms with E-state index in [1.807, 2.05) is 13.0 Å². The minimum absolute atomic E-state index is 0.173. The summed E-state index contributed by atoms with van der Waals surface area (Å²) < 4.78 is 11.5. The molecule has 2 aromatic heterocycles. The van der Waals surface area contributed by atoms with Gasteiger partial charge < -0.3 is 10.1 Å². The Hall–Kier alpha value is -3.27. The number of aromatic nitrogens is 3. The Morgan fingerprint density at radius 2 is 2.24 bits per heavy atom. The van der Waals surface area contributed by atoms with Crippen LogP contribution in [0.5, 0.6) is 5.75 Å². The highest BCUT2D eigenvalue weighted by Crippen LogP contribution is 2.34. The van der Waals surface area contributed by atoms with E-state index in [9.17, 15) is 14.4 Å². The normalized spacial score (nSPS) is 16.7. The van der Waals surface area contributed by atoms with Crippen LogP contribution in [0.2, 0.25) is 0 Å². The first-order chi connectivity index (χ1) is 13.9. The summed E-state index contributed by atoms with van der Waals surface area (Å²) in [4.78, 5) is 35.9. The number of imide groups is 1. The SMILES string of the molecule is Cc1nscc1NC(=O)COc1cccc2c(C3CCC(=O)NC3=O)nn(C)c12. The molecule has 29 heavy (non-hydrogen) atoms. The van der Waals surface area contributed by atoms with Gasteiger partial charge in [0.05, 0.1) is 23.0 Å². The molecular weight excluding hydrogens is 394 g/mol. The third-order valence-corrected chi connectivity index (χ3v) is 5.53. The fourth-order valence-electron chi connectivity index (χ4n) is 3.40. The van der Waals surface area contributed by atoms with E-state index in [2.05, 4.69) is 20.1 Å². The number of hydrogen-bond donors (Lipinski definition) is 2. The maximum atomic E-state index is 12.3. The van der Waals surface area contributed by atoms with E-state index in [0.717, 1.165) is 11.1 Å². The average Bonchev–Trinajstić information content (AvgIpc) is 3.24. The van der Waals surface area contributed by atoms with Gasteiger partial charge in [0.1, 0.15) is 11.3 Å². The van der Waals surface area contributed by atoms with Crippen molar-refractivity contribution in [2.24, 2.45) is 7.05 Å². The number of piperidine rings is 1. The molecule has 1 atom stereocenters. The van der Waals surface area contributed by atoms with Crippen molar-refractivity contribution in [3.8, 4) is 5.75 Å². The summed E-state index contributed by atoms with van der Waals surface area (Å²) in [6.07, 6.45) is 0.694. The van der Waals surface area contributed by atoms with Gasteiger partial charge in [-0.05, 0) is 30.9 Å². The zero-order valence-corrected chi connectivity index (χ0v) is 16.7. The molecule has 3 heterocycles. The van der Waals surface area contributed by atoms with Crippen LogP contribution in [0.25, 0.3) is 10.9 Å². The molecule has 1 unspecified atom stereocenters. The third kappa shape index (κ3) is 3.70. The molecule has 150 valence electrons. The Morgan fingerprint density at radius 3 is 2.97 bits per heavy atom. The second kappa shape index (κ2) is 7.63. The van der Waals surface area contributed by atoms with Gasteiger partial charge in [-0.15, -0.1) is 0 Å². The molecule has 3 aromatic rings. The van der Waals surface area contributed by atoms with Crippen molar-refractivity contribution >= 4 is 45.8 Å². The van der Waals surface area contributed by atoms with Crippen LogP contribution in [0.3, 0.4) is 0 Å². The number of ether oxygens (including phenoxy) is 1. The number of rotatable bonds is 5. The van der Waals surface area contributed by atoms with Crippen LogP contribution >= 0.6 is 11.5 Å². The summed E-state index contributed by atoms with van der Waals surface area (Å²) in [5.41, 5.74) is 2.71. The topological polar surface area (TPSA) is 115 Å². The summed E-state index contributed by atoms with van der Waals surface area (Å²) in [7, 11) is 1.75. The predicted molar refractivity (Wildman–Crippen MR) is 107 cm³/mol. The van der Waals surface area contributed by atoms with Gasteiger partial charge in [-0.25, -0.2) is 0 Å². The molecule has 9 nitrogen and oxygen atoms in total. The smallest absolute Gasteiger partial charge is 0.262 e. The van der Waals surface area contributed by atoms with E-state index in [1.54, 1.807) is 29.2 Å². The van der Waals surface area contributed by atoms with E-state index in [-0.39, 0.29) is 30.7 Å². The van der Waals surface area contributed by atoms with Gasteiger partial charge in [-0.3, -0.25) is 24.4 Å². The summed E-state index contributed by atoms with van der Waals surface area (Å²) in [6.45, 7) is 1.65. The number of nitrogens with zero attached hydrogens (tertiary/aromatic N) is 3. The molecule has 1 aromatic carbocycles. The van der Waals surface area contributed by atoms with Crippen LogP contribution in [-0.4, -0.2) is 38.5 Å². The lowest BCUT2D eigenvalue weighted by molar-refractivity contribution is -0.134. The van der Waals surface area contributed by atoms with Crippen LogP contribution < -0.4 is 15.4 Å². The Balaban J connectivity index is 1.56. The first kappa shape index (κ1) is 19.1. The molecule has 2 N–H and O–H groups in total. The maximum Gasteiger partial charge on any atom is 0.262 e. The summed E-state index contributed by atoms with van der Waals surface area (Å²) in [6, 6.07) is 5.40. The number of anilines is 1. The number of carbonyl (C=O) groups is 3. The number of aryl methyl sites for hydroxylation is 2. The Morgan fingerprint density at radius 1 is 1.41 bits per heavy atom. The lowest BCUT2D eigenvalue weighted by atomic mass is 9.93. The van der Waals surface area contributed by atoms with Crippen LogP contribution in [0.1, 0.15) is 30.1 Å². The number of fused-ring (bicyclic) bond motifs is 1. The van der Waals surface area contributed by atoms with E-state index in [1.165, 1.54) is 11.5 Å². The number of amides is 3. The van der Waals surface area contributed by atoms with Crippen LogP contribution in [0.4, 0.5) is 5.69 Å². The Bertz CT molecular complexity index is 1120. The van der Waals surface area contributed by atoms with Crippen molar-refractivity contribution in [1.82, 2.24) is 19.5 Å². The molecule has 0 spiro atoms. The van der Waals surface area contributed by atoms with E-state index in [0.29, 0.717) is 29.1 Å². The van der Waals surface area contributed by atoms with Crippen molar-refractivity contribution in [2.45, 2.75) is 25.7 Å². The number of hydrogen-bond acceptors (Lipinski definition) is 7. The molecule has 1 aliphatic rings. The molecule has 0 bridgehead atoms. The van der Waals surface area contributed by atoms with Gasteiger partial charge in [0, 0.05) is 24.2 Å². The van der Waals surface area contributed by atoms with E-state index < -0.39 is 5.92 Å². The number of para-hydroxylation sites is 1. The summed E-state index contributed by atoms with van der Waals surface area (Å²) >= 11 is 1.27. The average molecular weight is 413 g/mol. The molecule has 0 aliphatic carbocycles. The van der Waals surface area contributed by atoms with E-state index in [4.69, 9.17) is 4.74 Å². The predicted octanol–water partition coefficient (Wildman–Crippen LogP) is 1.88. The lowest BCUT2D eigenvalue weighted by Crippen LogP contribution is -2.39. The Kier molecular flexibility index (Phi) is 5.01. The summed E-state index contributed by atoms with van der Waals surface area (Å²) in [5, 5.41) is 12.2. The fourth-order valence-corrected chi connectivity index (χ4v) is 4.04. The van der Waals surface area contributed by atoms with Gasteiger partial charge in [0.25, 0.3) is 5.91 Å². The van der Waals surface area contributed by atoms with Crippen LogP contribution in [0.15, 0.2) is 23.6 Å². The largest absolute Gasteiger partial charge is 0.481 e. The highest BCUT2D eigenvalue weighted by Gasteiger charge is 2.32. The molecule has 1 fully saturated rings. The first-order valence-corrected chi connectivity index (χ1v) is 9.90. The molecule has 0 saturated carbocycles. The molecule has 1 aliphatic heterocycles. The van der Waals surface area contributed by atoms with Crippen molar-refractivity contribution in [2.75, 3.05) is 11.9 Å². The number of carbonyl (C=O) groups excluding carboxylic acids is 3. The van der Waals surface area contributed by atoms with Crippen LogP contribution in [-0.2, 0) is 21.4 Å².